The Kier molecular flexibility index (Phi) is 3.92. The Balaban J connectivity index is 1.63. The number of aromatic nitrogens is 2. The van der Waals surface area contributed by atoms with Crippen LogP contribution in [0.2, 0.25) is 0 Å². The molecule has 1 aliphatic rings. The molecule has 2 aromatic rings. The van der Waals surface area contributed by atoms with Gasteiger partial charge in [-0.2, -0.15) is 0 Å². The second kappa shape index (κ2) is 6.00. The van der Waals surface area contributed by atoms with Gasteiger partial charge in [-0.05, 0) is 24.3 Å². The van der Waals surface area contributed by atoms with Crippen molar-refractivity contribution in [3.8, 4) is 5.88 Å². The number of carbonyl (C=O) groups is 1. The fourth-order valence-electron chi connectivity index (χ4n) is 2.29. The van der Waals surface area contributed by atoms with Gasteiger partial charge in [0.1, 0.15) is 12.4 Å². The lowest BCUT2D eigenvalue weighted by molar-refractivity contribution is 0.0531. The van der Waals surface area contributed by atoms with Crippen molar-refractivity contribution in [1.82, 2.24) is 14.9 Å². The summed E-state index contributed by atoms with van der Waals surface area (Å²) in [6.45, 7) is 1.40. The molecule has 0 aliphatic carbocycles. The van der Waals surface area contributed by atoms with Crippen LogP contribution in [-0.4, -0.2) is 40.0 Å². The van der Waals surface area contributed by atoms with Crippen LogP contribution in [0.4, 0.5) is 0 Å². The van der Waals surface area contributed by atoms with E-state index in [4.69, 9.17) is 4.74 Å². The van der Waals surface area contributed by atoms with Crippen molar-refractivity contribution in [2.24, 2.45) is 0 Å². The first-order valence-electron chi connectivity index (χ1n) is 6.58. The zero-order valence-corrected chi connectivity index (χ0v) is 11.8. The van der Waals surface area contributed by atoms with Crippen molar-refractivity contribution in [3.63, 3.8) is 0 Å². The third-order valence-corrected chi connectivity index (χ3v) is 4.10. The van der Waals surface area contributed by atoms with Crippen LogP contribution in [0.25, 0.3) is 0 Å². The van der Waals surface area contributed by atoms with Gasteiger partial charge in [-0.1, -0.05) is 6.07 Å². The minimum atomic E-state index is 0.00237. The fourth-order valence-corrected chi connectivity index (χ4v) is 2.98. The van der Waals surface area contributed by atoms with E-state index in [0.717, 1.165) is 24.3 Å². The number of carbonyl (C=O) groups excluding carboxylic acids is 1. The zero-order valence-electron chi connectivity index (χ0n) is 10.9. The van der Waals surface area contributed by atoms with Gasteiger partial charge in [-0.15, -0.1) is 11.3 Å². The Bertz CT molecular complexity index is 559. The monoisotopic (exact) mass is 289 g/mol. The fraction of sp³-hybridized carbons (Fsp3) is 0.357. The highest BCUT2D eigenvalue weighted by molar-refractivity contribution is 7.12. The number of hydrogen-bond donors (Lipinski definition) is 0. The van der Waals surface area contributed by atoms with E-state index in [9.17, 15) is 4.79 Å². The second-order valence-electron chi connectivity index (χ2n) is 4.66. The van der Waals surface area contributed by atoms with Crippen molar-refractivity contribution in [2.75, 3.05) is 13.1 Å². The van der Waals surface area contributed by atoms with E-state index >= 15 is 0 Å². The van der Waals surface area contributed by atoms with Crippen molar-refractivity contribution < 1.29 is 9.53 Å². The number of rotatable bonds is 3. The molecular weight excluding hydrogens is 274 g/mol. The van der Waals surface area contributed by atoms with Crippen molar-refractivity contribution in [1.29, 1.82) is 0 Å². The highest BCUT2D eigenvalue weighted by Gasteiger charge is 2.26. The van der Waals surface area contributed by atoms with Crippen molar-refractivity contribution in [2.45, 2.75) is 18.9 Å². The molecule has 0 spiro atoms. The molecule has 0 radical (unpaired) electrons. The molecule has 3 heterocycles. The minimum absolute atomic E-state index is 0.00237. The van der Waals surface area contributed by atoms with E-state index < -0.39 is 0 Å². The topological polar surface area (TPSA) is 55.3 Å². The van der Waals surface area contributed by atoms with Crippen molar-refractivity contribution in [3.05, 3.63) is 41.0 Å². The van der Waals surface area contributed by atoms with Crippen molar-refractivity contribution >= 4 is 17.2 Å². The molecular formula is C14H15N3O2S. The Hall–Kier alpha value is -1.95. The van der Waals surface area contributed by atoms with Crippen LogP contribution in [0, 0.1) is 0 Å². The van der Waals surface area contributed by atoms with Gasteiger partial charge in [0.25, 0.3) is 5.91 Å². The van der Waals surface area contributed by atoms with E-state index in [1.165, 1.54) is 17.7 Å². The maximum Gasteiger partial charge on any atom is 0.264 e. The summed E-state index contributed by atoms with van der Waals surface area (Å²) in [5.41, 5.74) is 0. The number of amides is 1. The Morgan fingerprint density at radius 2 is 2.40 bits per heavy atom. The maximum absolute atomic E-state index is 12.3. The molecule has 104 valence electrons. The van der Waals surface area contributed by atoms with Gasteiger partial charge in [0, 0.05) is 18.8 Å². The third-order valence-electron chi connectivity index (χ3n) is 3.24. The molecule has 0 aromatic carbocycles. The standard InChI is InChI=1S/C14H15N3O2S/c18-14(12-4-2-8-20-12)17-7-1-3-11(9-17)19-13-5-6-15-10-16-13/h2,4-6,8,10-11H,1,3,7,9H2. The Morgan fingerprint density at radius 1 is 1.45 bits per heavy atom. The summed E-state index contributed by atoms with van der Waals surface area (Å²) in [7, 11) is 0. The first kappa shape index (κ1) is 13.1. The Labute approximate surface area is 121 Å². The van der Waals surface area contributed by atoms with Crippen LogP contribution < -0.4 is 4.74 Å². The molecule has 1 amide bonds. The molecule has 0 N–H and O–H groups in total. The number of thiophene rings is 1. The Morgan fingerprint density at radius 3 is 3.15 bits per heavy atom. The van der Waals surface area contributed by atoms with Gasteiger partial charge in [-0.3, -0.25) is 4.79 Å². The first-order valence-corrected chi connectivity index (χ1v) is 7.46. The molecule has 1 saturated heterocycles. The van der Waals surface area contributed by atoms with Gasteiger partial charge in [0.2, 0.25) is 5.88 Å². The maximum atomic E-state index is 12.3. The number of hydrogen-bond acceptors (Lipinski definition) is 5. The minimum Gasteiger partial charge on any atom is -0.472 e. The first-order chi connectivity index (χ1) is 9.83. The number of likely N-dealkylation sites (tertiary alicyclic amines) is 1. The lowest BCUT2D eigenvalue weighted by Crippen LogP contribution is -2.44. The van der Waals surface area contributed by atoms with Gasteiger partial charge in [0.05, 0.1) is 11.4 Å². The summed E-state index contributed by atoms with van der Waals surface area (Å²) in [4.78, 5) is 22.9. The van der Waals surface area contributed by atoms with Crippen LogP contribution in [0.1, 0.15) is 22.5 Å². The summed E-state index contributed by atoms with van der Waals surface area (Å²) in [5.74, 6) is 0.659. The number of piperidine rings is 1. The average Bonchev–Trinajstić information content (AvgIpc) is 3.02. The van der Waals surface area contributed by atoms with Crippen LogP contribution >= 0.6 is 11.3 Å². The second-order valence-corrected chi connectivity index (χ2v) is 5.61. The third kappa shape index (κ3) is 2.96. The molecule has 1 unspecified atom stereocenters. The molecule has 5 nitrogen and oxygen atoms in total. The molecule has 20 heavy (non-hydrogen) atoms. The molecule has 1 aliphatic heterocycles. The quantitative estimate of drug-likeness (QED) is 0.869. The number of ether oxygens (including phenoxy) is 1. The van der Waals surface area contributed by atoms with Gasteiger partial charge in [0.15, 0.2) is 0 Å². The smallest absolute Gasteiger partial charge is 0.264 e. The highest BCUT2D eigenvalue weighted by Crippen LogP contribution is 2.19. The average molecular weight is 289 g/mol. The summed E-state index contributed by atoms with van der Waals surface area (Å²) < 4.78 is 5.81. The van der Waals surface area contributed by atoms with E-state index in [-0.39, 0.29) is 12.0 Å². The zero-order chi connectivity index (χ0) is 13.8. The van der Waals surface area contributed by atoms with Gasteiger partial charge in [-0.25, -0.2) is 9.97 Å². The normalized spacial score (nSPS) is 18.8. The van der Waals surface area contributed by atoms with E-state index in [0.29, 0.717) is 12.4 Å². The number of nitrogens with zero attached hydrogens (tertiary/aromatic N) is 3. The van der Waals surface area contributed by atoms with E-state index in [1.807, 2.05) is 22.4 Å². The summed E-state index contributed by atoms with van der Waals surface area (Å²) in [6.07, 6.45) is 5.01. The lowest BCUT2D eigenvalue weighted by atomic mass is 10.1. The van der Waals surface area contributed by atoms with E-state index in [1.54, 1.807) is 12.3 Å². The summed E-state index contributed by atoms with van der Waals surface area (Å²) in [5, 5.41) is 1.92. The summed E-state index contributed by atoms with van der Waals surface area (Å²) >= 11 is 1.48. The molecule has 2 aromatic heterocycles. The predicted octanol–water partition coefficient (Wildman–Crippen LogP) is 2.22. The van der Waals surface area contributed by atoms with Crippen LogP contribution in [-0.2, 0) is 0 Å². The highest BCUT2D eigenvalue weighted by atomic mass is 32.1. The van der Waals surface area contributed by atoms with Gasteiger partial charge < -0.3 is 9.64 Å². The molecule has 0 saturated carbocycles. The molecule has 6 heteroatoms. The lowest BCUT2D eigenvalue weighted by Gasteiger charge is -2.32. The molecule has 3 rings (SSSR count). The summed E-state index contributed by atoms with van der Waals surface area (Å²) in [6, 6.07) is 5.50. The largest absolute Gasteiger partial charge is 0.472 e. The van der Waals surface area contributed by atoms with Gasteiger partial charge >= 0.3 is 0 Å². The van der Waals surface area contributed by atoms with Crippen LogP contribution in [0.5, 0.6) is 5.88 Å². The SMILES string of the molecule is O=C(c1cccs1)N1CCCC(Oc2ccncn2)C1. The van der Waals surface area contributed by atoms with Crippen LogP contribution in [0.15, 0.2) is 36.1 Å². The molecule has 0 bridgehead atoms. The predicted molar refractivity (Wildman–Crippen MR) is 75.9 cm³/mol. The van der Waals surface area contributed by atoms with E-state index in [2.05, 4.69) is 9.97 Å². The van der Waals surface area contributed by atoms with Crippen LogP contribution in [0.3, 0.4) is 0 Å². The molecule has 1 atom stereocenters. The molecule has 1 fully saturated rings.